The Kier molecular flexibility index (Phi) is 3.39. The Morgan fingerprint density at radius 1 is 1.50 bits per heavy atom. The maximum absolute atomic E-state index is 12.0. The van der Waals surface area contributed by atoms with Crippen LogP contribution in [0.3, 0.4) is 0 Å². The second-order valence-electron chi connectivity index (χ2n) is 4.44. The molecule has 0 fully saturated rings. The molecule has 1 aromatic carbocycles. The van der Waals surface area contributed by atoms with E-state index in [1.165, 1.54) is 0 Å². The van der Waals surface area contributed by atoms with Gasteiger partial charge in [0, 0.05) is 5.56 Å². The summed E-state index contributed by atoms with van der Waals surface area (Å²) < 4.78 is 5.69. The molecule has 1 aliphatic rings. The number of carbonyl (C=O) groups excluding carboxylic acids is 1. The highest BCUT2D eigenvalue weighted by atomic mass is 16.5. The molecule has 18 heavy (non-hydrogen) atoms. The summed E-state index contributed by atoms with van der Waals surface area (Å²) in [6.45, 7) is 3.40. The summed E-state index contributed by atoms with van der Waals surface area (Å²) in [6.07, 6.45) is 3.09. The molecule has 1 aliphatic heterocycles. The van der Waals surface area contributed by atoms with E-state index in [9.17, 15) is 9.90 Å². The predicted molar refractivity (Wildman–Crippen MR) is 67.2 cm³/mol. The molecular weight excluding hydrogens is 232 g/mol. The number of aryl methyl sites for hydroxylation is 1. The number of aliphatic hydroxyl groups is 1. The number of aliphatic hydroxyl groups excluding tert-OH is 1. The molecule has 0 aromatic heterocycles. The van der Waals surface area contributed by atoms with Crippen LogP contribution < -0.4 is 4.74 Å². The lowest BCUT2D eigenvalue weighted by molar-refractivity contribution is 0.0891. The van der Waals surface area contributed by atoms with Crippen LogP contribution in [-0.4, -0.2) is 28.7 Å². The van der Waals surface area contributed by atoms with Crippen molar-refractivity contribution in [1.82, 2.24) is 0 Å². The monoisotopic (exact) mass is 248 g/mol. The molecular formula is C14H16O4. The minimum absolute atomic E-state index is 0.00459. The highest BCUT2D eigenvalue weighted by Crippen LogP contribution is 2.38. The number of phenolic OH excluding ortho intramolecular Hbond substituents is 1. The molecule has 1 atom stereocenters. The van der Waals surface area contributed by atoms with Crippen LogP contribution in [0.5, 0.6) is 11.5 Å². The number of hydrogen-bond donors (Lipinski definition) is 2. The third kappa shape index (κ3) is 2.11. The van der Waals surface area contributed by atoms with E-state index in [-0.39, 0.29) is 30.7 Å². The molecule has 2 N–H and O–H groups in total. The topological polar surface area (TPSA) is 66.8 Å². The Bertz CT molecular complexity index is 517. The summed E-state index contributed by atoms with van der Waals surface area (Å²) in [5, 5.41) is 18.6. The van der Waals surface area contributed by atoms with E-state index in [2.05, 4.69) is 0 Å². The highest BCUT2D eigenvalue weighted by Gasteiger charge is 2.28. The van der Waals surface area contributed by atoms with E-state index in [1.54, 1.807) is 32.1 Å². The van der Waals surface area contributed by atoms with Crippen molar-refractivity contribution in [3.8, 4) is 11.5 Å². The number of hydrogen-bond acceptors (Lipinski definition) is 4. The first-order valence-electron chi connectivity index (χ1n) is 5.85. The lowest BCUT2D eigenvalue weighted by Crippen LogP contribution is -2.26. The number of ketones is 1. The fourth-order valence-corrected chi connectivity index (χ4v) is 2.12. The van der Waals surface area contributed by atoms with Gasteiger partial charge in [0.2, 0.25) is 0 Å². The van der Waals surface area contributed by atoms with Crippen LogP contribution in [0, 0.1) is 13.8 Å². The maximum atomic E-state index is 12.0. The van der Waals surface area contributed by atoms with Crippen LogP contribution >= 0.6 is 0 Å². The van der Waals surface area contributed by atoms with E-state index < -0.39 is 0 Å². The second-order valence-corrected chi connectivity index (χ2v) is 4.44. The number of rotatable bonds is 2. The number of carbonyl (C=O) groups is 1. The van der Waals surface area contributed by atoms with E-state index in [0.717, 1.165) is 0 Å². The van der Waals surface area contributed by atoms with E-state index >= 15 is 0 Å². The Labute approximate surface area is 106 Å². The first-order valence-corrected chi connectivity index (χ1v) is 5.85. The van der Waals surface area contributed by atoms with Crippen molar-refractivity contribution in [3.63, 3.8) is 0 Å². The lowest BCUT2D eigenvalue weighted by atomic mass is 9.95. The molecule has 96 valence electrons. The third-order valence-corrected chi connectivity index (χ3v) is 3.09. The van der Waals surface area contributed by atoms with Crippen molar-refractivity contribution in [3.05, 3.63) is 34.9 Å². The largest absolute Gasteiger partial charge is 0.507 e. The van der Waals surface area contributed by atoms with Gasteiger partial charge in [-0.2, -0.15) is 0 Å². The van der Waals surface area contributed by atoms with Gasteiger partial charge >= 0.3 is 0 Å². The number of aromatic hydroxyl groups is 1. The van der Waals surface area contributed by atoms with Gasteiger partial charge in [0.15, 0.2) is 5.78 Å². The summed E-state index contributed by atoms with van der Waals surface area (Å²) in [5.41, 5.74) is 1.78. The maximum Gasteiger partial charge on any atom is 0.170 e. The number of ether oxygens (including phenoxy) is 1. The van der Waals surface area contributed by atoms with Gasteiger partial charge in [-0.3, -0.25) is 4.79 Å². The quantitative estimate of drug-likeness (QED) is 0.784. The minimum atomic E-state index is -0.377. The van der Waals surface area contributed by atoms with E-state index in [1.807, 2.05) is 0 Å². The summed E-state index contributed by atoms with van der Waals surface area (Å²) in [5.74, 6) is 0.602. The fourth-order valence-electron chi connectivity index (χ4n) is 2.12. The highest BCUT2D eigenvalue weighted by molar-refractivity contribution is 6.01. The number of Topliss-reactive ketones (excluding diaryl/α,β-unsaturated/α-hetero) is 1. The molecule has 1 aromatic rings. The Morgan fingerprint density at radius 2 is 2.22 bits per heavy atom. The van der Waals surface area contributed by atoms with Gasteiger partial charge in [-0.15, -0.1) is 0 Å². The number of benzene rings is 1. The number of fused-ring (bicyclic) bond motifs is 1. The van der Waals surface area contributed by atoms with Crippen LogP contribution in [0.15, 0.2) is 18.2 Å². The summed E-state index contributed by atoms with van der Waals surface area (Å²) in [4.78, 5) is 12.0. The standard InChI is InChI=1S/C14H16O4/c1-8-6-11-12(16)7-10(4-3-5-15)18-14(11)9(2)13(8)17/h3-4,6,10,15,17H,5,7H2,1-2H3/b4-3+. The van der Waals surface area contributed by atoms with E-state index in [0.29, 0.717) is 22.4 Å². The smallest absolute Gasteiger partial charge is 0.170 e. The first-order chi connectivity index (χ1) is 8.54. The molecule has 0 spiro atoms. The van der Waals surface area contributed by atoms with Crippen molar-refractivity contribution >= 4 is 5.78 Å². The number of phenols is 1. The average Bonchev–Trinajstić information content (AvgIpc) is 2.35. The zero-order valence-electron chi connectivity index (χ0n) is 10.4. The molecule has 4 nitrogen and oxygen atoms in total. The summed E-state index contributed by atoms with van der Waals surface area (Å²) in [6, 6.07) is 1.66. The van der Waals surface area contributed by atoms with Gasteiger partial charge in [-0.25, -0.2) is 0 Å². The van der Waals surface area contributed by atoms with Crippen LogP contribution in [0.25, 0.3) is 0 Å². The van der Waals surface area contributed by atoms with Crippen LogP contribution in [0.2, 0.25) is 0 Å². The molecule has 2 rings (SSSR count). The normalized spacial score (nSPS) is 18.8. The summed E-state index contributed by atoms with van der Waals surface area (Å²) >= 11 is 0. The van der Waals surface area contributed by atoms with Crippen molar-refractivity contribution in [1.29, 1.82) is 0 Å². The van der Waals surface area contributed by atoms with Gasteiger partial charge in [-0.05, 0) is 31.6 Å². The van der Waals surface area contributed by atoms with Crippen molar-refractivity contribution in [2.24, 2.45) is 0 Å². The molecule has 4 heteroatoms. The second kappa shape index (κ2) is 4.82. The molecule has 1 unspecified atom stereocenters. The first kappa shape index (κ1) is 12.6. The predicted octanol–water partition coefficient (Wildman–Crippen LogP) is 1.89. The Hall–Kier alpha value is -1.81. The molecule has 0 bridgehead atoms. The Balaban J connectivity index is 2.44. The van der Waals surface area contributed by atoms with Crippen molar-refractivity contribution in [2.45, 2.75) is 26.4 Å². The molecule has 1 heterocycles. The third-order valence-electron chi connectivity index (χ3n) is 3.09. The van der Waals surface area contributed by atoms with Gasteiger partial charge in [0.25, 0.3) is 0 Å². The minimum Gasteiger partial charge on any atom is -0.507 e. The van der Waals surface area contributed by atoms with Crippen LogP contribution in [0.1, 0.15) is 27.9 Å². The molecule has 0 radical (unpaired) electrons. The average molecular weight is 248 g/mol. The van der Waals surface area contributed by atoms with E-state index in [4.69, 9.17) is 9.84 Å². The SMILES string of the molecule is Cc1cc2c(c(C)c1O)OC(/C=C/CO)CC2=O. The van der Waals surface area contributed by atoms with Gasteiger partial charge in [-0.1, -0.05) is 6.08 Å². The molecule has 0 aliphatic carbocycles. The zero-order valence-corrected chi connectivity index (χ0v) is 10.4. The molecule has 0 saturated carbocycles. The van der Waals surface area contributed by atoms with Crippen LogP contribution in [-0.2, 0) is 0 Å². The lowest BCUT2D eigenvalue weighted by Gasteiger charge is -2.25. The van der Waals surface area contributed by atoms with Gasteiger partial charge in [0.05, 0.1) is 18.6 Å². The molecule has 0 amide bonds. The summed E-state index contributed by atoms with van der Waals surface area (Å²) in [7, 11) is 0. The fraction of sp³-hybridized carbons (Fsp3) is 0.357. The van der Waals surface area contributed by atoms with Gasteiger partial charge < -0.3 is 14.9 Å². The Morgan fingerprint density at radius 3 is 2.89 bits per heavy atom. The van der Waals surface area contributed by atoms with Crippen LogP contribution in [0.4, 0.5) is 0 Å². The molecule has 0 saturated heterocycles. The zero-order chi connectivity index (χ0) is 13.3. The van der Waals surface area contributed by atoms with Crippen molar-refractivity contribution < 1.29 is 19.7 Å². The van der Waals surface area contributed by atoms with Crippen molar-refractivity contribution in [2.75, 3.05) is 6.61 Å². The van der Waals surface area contributed by atoms with Gasteiger partial charge in [0.1, 0.15) is 17.6 Å².